The van der Waals surface area contributed by atoms with E-state index in [4.69, 9.17) is 4.74 Å². The van der Waals surface area contributed by atoms with Gasteiger partial charge in [0.2, 0.25) is 0 Å². The number of aromatic amines is 1. The third-order valence-electron chi connectivity index (χ3n) is 3.38. The number of para-hydroxylation sites is 1. The lowest BCUT2D eigenvalue weighted by atomic mass is 10.1. The fourth-order valence-electron chi connectivity index (χ4n) is 2.31. The van der Waals surface area contributed by atoms with Gasteiger partial charge in [-0.3, -0.25) is 4.79 Å². The number of hydrogen-bond acceptors (Lipinski definition) is 2. The molecular formula is C17H16N2O2. The zero-order valence-electron chi connectivity index (χ0n) is 11.7. The number of carbonyl (C=O) groups excluding carboxylic acids is 1. The van der Waals surface area contributed by atoms with Crippen LogP contribution in [0.25, 0.3) is 10.9 Å². The minimum absolute atomic E-state index is 0.130. The molecule has 0 saturated carbocycles. The topological polar surface area (TPSA) is 54.1 Å². The molecule has 2 aromatic carbocycles. The number of ether oxygens (including phenoxy) is 1. The monoisotopic (exact) mass is 280 g/mol. The summed E-state index contributed by atoms with van der Waals surface area (Å²) in [6.07, 6.45) is 1.86. The predicted molar refractivity (Wildman–Crippen MR) is 83.4 cm³/mol. The van der Waals surface area contributed by atoms with Crippen molar-refractivity contribution in [1.29, 1.82) is 0 Å². The van der Waals surface area contributed by atoms with E-state index in [0.29, 0.717) is 12.2 Å². The first-order valence-corrected chi connectivity index (χ1v) is 6.73. The Morgan fingerprint density at radius 2 is 2.05 bits per heavy atom. The first kappa shape index (κ1) is 13.4. The number of carbonyl (C=O) groups is 1. The van der Waals surface area contributed by atoms with Gasteiger partial charge < -0.3 is 15.0 Å². The summed E-state index contributed by atoms with van der Waals surface area (Å²) < 4.78 is 5.15. The third-order valence-corrected chi connectivity index (χ3v) is 3.38. The van der Waals surface area contributed by atoms with Gasteiger partial charge in [-0.25, -0.2) is 0 Å². The van der Waals surface area contributed by atoms with Crippen molar-refractivity contribution in [1.82, 2.24) is 4.98 Å². The van der Waals surface area contributed by atoms with E-state index in [0.717, 1.165) is 22.2 Å². The van der Waals surface area contributed by atoms with Crippen LogP contribution in [0.2, 0.25) is 0 Å². The van der Waals surface area contributed by atoms with E-state index in [1.165, 1.54) is 0 Å². The standard InChI is InChI=1S/C17H16N2O2/c1-21-11-14-4-2-3-5-15(14)19-17(20)13-7-6-12-8-9-18-16(12)10-13/h2-10,18H,11H2,1H3,(H,19,20). The zero-order chi connectivity index (χ0) is 14.7. The number of amides is 1. The smallest absolute Gasteiger partial charge is 0.255 e. The average molecular weight is 280 g/mol. The van der Waals surface area contributed by atoms with Crippen LogP contribution in [0, 0.1) is 0 Å². The highest BCUT2D eigenvalue weighted by molar-refractivity contribution is 6.06. The van der Waals surface area contributed by atoms with Gasteiger partial charge in [-0.2, -0.15) is 0 Å². The molecule has 1 amide bonds. The highest BCUT2D eigenvalue weighted by atomic mass is 16.5. The molecule has 0 saturated heterocycles. The van der Waals surface area contributed by atoms with E-state index < -0.39 is 0 Å². The number of aromatic nitrogens is 1. The molecule has 4 heteroatoms. The maximum absolute atomic E-state index is 12.4. The molecule has 106 valence electrons. The van der Waals surface area contributed by atoms with Gasteiger partial charge in [-0.05, 0) is 29.7 Å². The predicted octanol–water partition coefficient (Wildman–Crippen LogP) is 3.57. The molecule has 21 heavy (non-hydrogen) atoms. The summed E-state index contributed by atoms with van der Waals surface area (Å²) in [6, 6.07) is 15.2. The Labute approximate surface area is 122 Å². The maximum atomic E-state index is 12.4. The molecule has 3 rings (SSSR count). The van der Waals surface area contributed by atoms with Crippen LogP contribution >= 0.6 is 0 Å². The van der Waals surface area contributed by atoms with Crippen molar-refractivity contribution < 1.29 is 9.53 Å². The van der Waals surface area contributed by atoms with Gasteiger partial charge in [-0.15, -0.1) is 0 Å². The van der Waals surface area contributed by atoms with Gasteiger partial charge in [0.25, 0.3) is 5.91 Å². The molecule has 2 N–H and O–H groups in total. The quantitative estimate of drug-likeness (QED) is 0.767. The molecule has 1 aromatic heterocycles. The number of nitrogens with one attached hydrogen (secondary N) is 2. The summed E-state index contributed by atoms with van der Waals surface area (Å²) in [5.74, 6) is -0.130. The minimum Gasteiger partial charge on any atom is -0.380 e. The van der Waals surface area contributed by atoms with Crippen LogP contribution in [-0.2, 0) is 11.3 Å². The first-order valence-electron chi connectivity index (χ1n) is 6.73. The molecule has 0 aliphatic rings. The fourth-order valence-corrected chi connectivity index (χ4v) is 2.31. The van der Waals surface area contributed by atoms with E-state index in [2.05, 4.69) is 10.3 Å². The van der Waals surface area contributed by atoms with E-state index in [-0.39, 0.29) is 5.91 Å². The molecular weight excluding hydrogens is 264 g/mol. The second-order valence-electron chi connectivity index (χ2n) is 4.82. The number of anilines is 1. The number of benzene rings is 2. The summed E-state index contributed by atoms with van der Waals surface area (Å²) in [7, 11) is 1.64. The van der Waals surface area contributed by atoms with Crippen molar-refractivity contribution in [3.8, 4) is 0 Å². The highest BCUT2D eigenvalue weighted by Gasteiger charge is 2.09. The third kappa shape index (κ3) is 2.80. The van der Waals surface area contributed by atoms with Gasteiger partial charge in [-0.1, -0.05) is 24.3 Å². The van der Waals surface area contributed by atoms with E-state index in [1.54, 1.807) is 7.11 Å². The molecule has 4 nitrogen and oxygen atoms in total. The molecule has 0 radical (unpaired) electrons. The van der Waals surface area contributed by atoms with Crippen molar-refractivity contribution in [2.24, 2.45) is 0 Å². The molecule has 0 fully saturated rings. The van der Waals surface area contributed by atoms with Crippen molar-refractivity contribution in [3.63, 3.8) is 0 Å². The lowest BCUT2D eigenvalue weighted by Gasteiger charge is -2.10. The van der Waals surface area contributed by atoms with Crippen LogP contribution in [0.3, 0.4) is 0 Å². The number of H-pyrrole nitrogens is 1. The van der Waals surface area contributed by atoms with Crippen molar-refractivity contribution in [2.45, 2.75) is 6.61 Å². The molecule has 0 unspecified atom stereocenters. The largest absolute Gasteiger partial charge is 0.380 e. The Morgan fingerprint density at radius 3 is 2.90 bits per heavy atom. The fraction of sp³-hybridized carbons (Fsp3) is 0.118. The lowest BCUT2D eigenvalue weighted by Crippen LogP contribution is -2.13. The van der Waals surface area contributed by atoms with Gasteiger partial charge in [0, 0.05) is 35.6 Å². The Morgan fingerprint density at radius 1 is 1.19 bits per heavy atom. The van der Waals surface area contributed by atoms with E-state index in [9.17, 15) is 4.79 Å². The normalized spacial score (nSPS) is 10.7. The minimum atomic E-state index is -0.130. The number of fused-ring (bicyclic) bond motifs is 1. The Hall–Kier alpha value is -2.59. The molecule has 1 heterocycles. The van der Waals surface area contributed by atoms with Gasteiger partial charge >= 0.3 is 0 Å². The summed E-state index contributed by atoms with van der Waals surface area (Å²) >= 11 is 0. The molecule has 0 bridgehead atoms. The van der Waals surface area contributed by atoms with Crippen molar-refractivity contribution in [3.05, 3.63) is 65.9 Å². The molecule has 0 aliphatic carbocycles. The lowest BCUT2D eigenvalue weighted by molar-refractivity contribution is 0.102. The van der Waals surface area contributed by atoms with Crippen LogP contribution in [0.4, 0.5) is 5.69 Å². The number of methoxy groups -OCH3 is 1. The number of hydrogen-bond donors (Lipinski definition) is 2. The van der Waals surface area contributed by atoms with Gasteiger partial charge in [0.1, 0.15) is 0 Å². The average Bonchev–Trinajstić information content (AvgIpc) is 2.97. The van der Waals surface area contributed by atoms with Gasteiger partial charge in [0.05, 0.1) is 6.61 Å². The Balaban J connectivity index is 1.85. The van der Waals surface area contributed by atoms with Gasteiger partial charge in [0.15, 0.2) is 0 Å². The van der Waals surface area contributed by atoms with Crippen LogP contribution in [0.1, 0.15) is 15.9 Å². The zero-order valence-corrected chi connectivity index (χ0v) is 11.7. The van der Waals surface area contributed by atoms with Crippen LogP contribution in [0.5, 0.6) is 0 Å². The summed E-state index contributed by atoms with van der Waals surface area (Å²) in [4.78, 5) is 15.5. The molecule has 3 aromatic rings. The summed E-state index contributed by atoms with van der Waals surface area (Å²) in [6.45, 7) is 0.464. The molecule has 0 spiro atoms. The van der Waals surface area contributed by atoms with Crippen molar-refractivity contribution in [2.75, 3.05) is 12.4 Å². The number of rotatable bonds is 4. The molecule has 0 atom stereocenters. The Kier molecular flexibility index (Phi) is 3.71. The van der Waals surface area contributed by atoms with E-state index in [1.807, 2.05) is 54.7 Å². The van der Waals surface area contributed by atoms with E-state index >= 15 is 0 Å². The van der Waals surface area contributed by atoms with Crippen LogP contribution < -0.4 is 5.32 Å². The molecule has 0 aliphatic heterocycles. The first-order chi connectivity index (χ1) is 10.3. The summed E-state index contributed by atoms with van der Waals surface area (Å²) in [5.41, 5.74) is 3.30. The Bertz CT molecular complexity index is 777. The summed E-state index contributed by atoms with van der Waals surface area (Å²) in [5, 5.41) is 4.02. The highest BCUT2D eigenvalue weighted by Crippen LogP contribution is 2.19. The maximum Gasteiger partial charge on any atom is 0.255 e. The second kappa shape index (κ2) is 5.81. The SMILES string of the molecule is COCc1ccccc1NC(=O)c1ccc2cc[nH]c2c1. The second-order valence-corrected chi connectivity index (χ2v) is 4.82. The van der Waals surface area contributed by atoms with Crippen LogP contribution in [-0.4, -0.2) is 18.0 Å². The van der Waals surface area contributed by atoms with Crippen LogP contribution in [0.15, 0.2) is 54.7 Å². The van der Waals surface area contributed by atoms with Crippen molar-refractivity contribution >= 4 is 22.5 Å².